The molecule has 106 valence electrons. The SMILES string of the molecule is N#CC1CN(C(=O)CC(O)c2ccc(Cl)cc2)CCO1. The molecule has 5 nitrogen and oxygen atoms in total. The number of halogens is 1. The first-order valence-corrected chi connectivity index (χ1v) is 6.70. The minimum absolute atomic E-state index is 0.0141. The molecule has 1 heterocycles. The lowest BCUT2D eigenvalue weighted by atomic mass is 10.1. The van der Waals surface area contributed by atoms with E-state index in [0.29, 0.717) is 23.7 Å². The molecule has 0 spiro atoms. The molecule has 1 fully saturated rings. The molecule has 2 unspecified atom stereocenters. The molecule has 0 bridgehead atoms. The second kappa shape index (κ2) is 6.71. The molecule has 0 aromatic heterocycles. The van der Waals surface area contributed by atoms with E-state index in [2.05, 4.69) is 0 Å². The molecule has 1 amide bonds. The largest absolute Gasteiger partial charge is 0.388 e. The van der Waals surface area contributed by atoms with Gasteiger partial charge in [0.05, 0.1) is 31.7 Å². The molecule has 20 heavy (non-hydrogen) atoms. The Morgan fingerprint density at radius 3 is 2.90 bits per heavy atom. The Morgan fingerprint density at radius 1 is 1.55 bits per heavy atom. The van der Waals surface area contributed by atoms with Crippen LogP contribution in [0.2, 0.25) is 5.02 Å². The Kier molecular flexibility index (Phi) is 4.96. The van der Waals surface area contributed by atoms with Crippen molar-refractivity contribution in [1.29, 1.82) is 5.26 Å². The summed E-state index contributed by atoms with van der Waals surface area (Å²) < 4.78 is 5.18. The third-order valence-corrected chi connectivity index (χ3v) is 3.44. The minimum Gasteiger partial charge on any atom is -0.388 e. The van der Waals surface area contributed by atoms with Crippen LogP contribution >= 0.6 is 11.6 Å². The second-order valence-corrected chi connectivity index (χ2v) is 5.04. The van der Waals surface area contributed by atoms with Gasteiger partial charge < -0.3 is 14.7 Å². The van der Waals surface area contributed by atoms with Gasteiger partial charge in [-0.05, 0) is 17.7 Å². The molecule has 1 saturated heterocycles. The average Bonchev–Trinajstić information content (AvgIpc) is 2.47. The highest BCUT2D eigenvalue weighted by Crippen LogP contribution is 2.20. The predicted molar refractivity (Wildman–Crippen MR) is 73.0 cm³/mol. The summed E-state index contributed by atoms with van der Waals surface area (Å²) in [6.07, 6.45) is -1.47. The lowest BCUT2D eigenvalue weighted by Crippen LogP contribution is -2.45. The van der Waals surface area contributed by atoms with Crippen LogP contribution in [0.5, 0.6) is 0 Å². The number of hydrogen-bond acceptors (Lipinski definition) is 4. The fraction of sp³-hybridized carbons (Fsp3) is 0.429. The Balaban J connectivity index is 1.93. The molecule has 1 aliphatic heterocycles. The number of nitrogens with zero attached hydrogens (tertiary/aromatic N) is 2. The lowest BCUT2D eigenvalue weighted by Gasteiger charge is -2.30. The predicted octanol–water partition coefficient (Wildman–Crippen LogP) is 1.51. The third kappa shape index (κ3) is 3.70. The van der Waals surface area contributed by atoms with Gasteiger partial charge in [0, 0.05) is 11.6 Å². The van der Waals surface area contributed by atoms with Gasteiger partial charge in [0.15, 0.2) is 6.10 Å². The van der Waals surface area contributed by atoms with Gasteiger partial charge in [-0.3, -0.25) is 4.79 Å². The smallest absolute Gasteiger partial charge is 0.225 e. The zero-order chi connectivity index (χ0) is 14.5. The van der Waals surface area contributed by atoms with Gasteiger partial charge in [-0.25, -0.2) is 0 Å². The highest BCUT2D eigenvalue weighted by Gasteiger charge is 2.25. The molecule has 6 heteroatoms. The first kappa shape index (κ1) is 14.8. The zero-order valence-corrected chi connectivity index (χ0v) is 11.6. The number of carbonyl (C=O) groups excluding carboxylic acids is 1. The quantitative estimate of drug-likeness (QED) is 0.917. The number of nitriles is 1. The van der Waals surface area contributed by atoms with Gasteiger partial charge >= 0.3 is 0 Å². The van der Waals surface area contributed by atoms with E-state index in [-0.39, 0.29) is 18.9 Å². The number of benzene rings is 1. The standard InChI is InChI=1S/C14H15ClN2O3/c15-11-3-1-10(2-4-11)13(18)7-14(19)17-5-6-20-12(8-16)9-17/h1-4,12-13,18H,5-7,9H2. The van der Waals surface area contributed by atoms with Gasteiger partial charge in [0.25, 0.3) is 0 Å². The molecule has 1 N–H and O–H groups in total. The van der Waals surface area contributed by atoms with E-state index in [9.17, 15) is 9.90 Å². The number of aliphatic hydroxyl groups is 1. The van der Waals surface area contributed by atoms with E-state index in [1.54, 1.807) is 29.2 Å². The number of rotatable bonds is 3. The summed E-state index contributed by atoms with van der Waals surface area (Å²) >= 11 is 5.77. The van der Waals surface area contributed by atoms with E-state index in [1.807, 2.05) is 6.07 Å². The monoisotopic (exact) mass is 294 g/mol. The fourth-order valence-electron chi connectivity index (χ4n) is 2.05. The van der Waals surface area contributed by atoms with Crippen molar-refractivity contribution in [1.82, 2.24) is 4.90 Å². The molecule has 2 atom stereocenters. The second-order valence-electron chi connectivity index (χ2n) is 4.60. The molecular weight excluding hydrogens is 280 g/mol. The normalized spacial score (nSPS) is 20.2. The van der Waals surface area contributed by atoms with Crippen LogP contribution in [-0.2, 0) is 9.53 Å². The van der Waals surface area contributed by atoms with Gasteiger partial charge in [-0.15, -0.1) is 0 Å². The summed E-state index contributed by atoms with van der Waals surface area (Å²) in [6.45, 7) is 1.05. The first-order chi connectivity index (χ1) is 9.60. The van der Waals surface area contributed by atoms with E-state index in [1.165, 1.54) is 0 Å². The number of carbonyl (C=O) groups is 1. The van der Waals surface area contributed by atoms with Crippen LogP contribution in [0.25, 0.3) is 0 Å². The van der Waals surface area contributed by atoms with Crippen LogP contribution in [-0.4, -0.2) is 41.7 Å². The number of aliphatic hydroxyl groups excluding tert-OH is 1. The van der Waals surface area contributed by atoms with Crippen LogP contribution in [0.4, 0.5) is 0 Å². The average molecular weight is 295 g/mol. The Bertz CT molecular complexity index is 512. The number of morpholine rings is 1. The topological polar surface area (TPSA) is 73.6 Å². The summed E-state index contributed by atoms with van der Waals surface area (Å²) in [5.74, 6) is -0.184. The molecule has 1 aromatic rings. The van der Waals surface area contributed by atoms with Crippen molar-refractivity contribution in [3.8, 4) is 6.07 Å². The highest BCUT2D eigenvalue weighted by molar-refractivity contribution is 6.30. The number of ether oxygens (including phenoxy) is 1. The van der Waals surface area contributed by atoms with E-state index < -0.39 is 12.2 Å². The van der Waals surface area contributed by atoms with Crippen LogP contribution in [0.3, 0.4) is 0 Å². The molecule has 0 aliphatic carbocycles. The van der Waals surface area contributed by atoms with Crippen molar-refractivity contribution in [2.24, 2.45) is 0 Å². The van der Waals surface area contributed by atoms with Gasteiger partial charge in [0.1, 0.15) is 0 Å². The van der Waals surface area contributed by atoms with Gasteiger partial charge in [-0.1, -0.05) is 23.7 Å². The van der Waals surface area contributed by atoms with Gasteiger partial charge in [-0.2, -0.15) is 5.26 Å². The summed E-state index contributed by atoms with van der Waals surface area (Å²) in [6, 6.07) is 8.71. The van der Waals surface area contributed by atoms with Crippen molar-refractivity contribution in [3.63, 3.8) is 0 Å². The van der Waals surface area contributed by atoms with E-state index in [4.69, 9.17) is 21.6 Å². The number of hydrogen-bond donors (Lipinski definition) is 1. The molecule has 0 radical (unpaired) electrons. The van der Waals surface area contributed by atoms with E-state index >= 15 is 0 Å². The summed E-state index contributed by atoms with van der Waals surface area (Å²) in [7, 11) is 0. The zero-order valence-electron chi connectivity index (χ0n) is 10.8. The summed E-state index contributed by atoms with van der Waals surface area (Å²) in [5, 5.41) is 19.4. The maximum absolute atomic E-state index is 12.1. The van der Waals surface area contributed by atoms with Gasteiger partial charge in [0.2, 0.25) is 5.91 Å². The molecule has 1 aromatic carbocycles. The summed E-state index contributed by atoms with van der Waals surface area (Å²) in [5.41, 5.74) is 0.646. The van der Waals surface area contributed by atoms with E-state index in [0.717, 1.165) is 0 Å². The maximum atomic E-state index is 12.1. The van der Waals surface area contributed by atoms with Crippen LogP contribution in [0.1, 0.15) is 18.1 Å². The number of amides is 1. The fourth-order valence-corrected chi connectivity index (χ4v) is 2.18. The van der Waals surface area contributed by atoms with Crippen LogP contribution in [0.15, 0.2) is 24.3 Å². The van der Waals surface area contributed by atoms with Crippen LogP contribution in [0, 0.1) is 11.3 Å². The van der Waals surface area contributed by atoms with Crippen LogP contribution < -0.4 is 0 Å². The van der Waals surface area contributed by atoms with Crippen molar-refractivity contribution < 1.29 is 14.6 Å². The van der Waals surface area contributed by atoms with Crippen molar-refractivity contribution in [3.05, 3.63) is 34.9 Å². The highest BCUT2D eigenvalue weighted by atomic mass is 35.5. The Labute approximate surface area is 122 Å². The first-order valence-electron chi connectivity index (χ1n) is 6.32. The molecule has 2 rings (SSSR count). The molecule has 1 aliphatic rings. The molecular formula is C14H15ClN2O3. The van der Waals surface area contributed by atoms with Crippen molar-refractivity contribution >= 4 is 17.5 Å². The Hall–Kier alpha value is -1.61. The summed E-state index contributed by atoms with van der Waals surface area (Å²) in [4.78, 5) is 13.6. The molecule has 0 saturated carbocycles. The van der Waals surface area contributed by atoms with Crippen molar-refractivity contribution in [2.45, 2.75) is 18.6 Å². The van der Waals surface area contributed by atoms with Crippen molar-refractivity contribution in [2.75, 3.05) is 19.7 Å². The Morgan fingerprint density at radius 2 is 2.25 bits per heavy atom. The lowest BCUT2D eigenvalue weighted by molar-refractivity contribution is -0.139. The minimum atomic E-state index is -0.872. The maximum Gasteiger partial charge on any atom is 0.225 e. The third-order valence-electron chi connectivity index (χ3n) is 3.19.